The van der Waals surface area contributed by atoms with E-state index in [0.29, 0.717) is 62.6 Å². The number of ether oxygens (including phenoxy) is 8. The van der Waals surface area contributed by atoms with Gasteiger partial charge in [0, 0.05) is 65.9 Å². The number of nitrogens with zero attached hydrogens (tertiary/aromatic N) is 1. The number of rotatable bonds is 35. The Morgan fingerprint density at radius 2 is 1.46 bits per heavy atom. The number of para-hydroxylation sites is 1. The molecule has 25 nitrogen and oxygen atoms in total. The van der Waals surface area contributed by atoms with Crippen LogP contribution in [-0.4, -0.2) is 167 Å². The molecule has 9 rings (SSSR count). The van der Waals surface area contributed by atoms with Crippen LogP contribution in [-0.2, 0) is 84.6 Å². The first-order valence-corrected chi connectivity index (χ1v) is 34.5. The highest BCUT2D eigenvalue weighted by Crippen LogP contribution is 2.70. The van der Waals surface area contributed by atoms with Crippen LogP contribution < -0.4 is 37.2 Å². The lowest BCUT2D eigenvalue weighted by atomic mass is 9.46. The minimum absolute atomic E-state index is 0.0121. The first-order valence-electron chi connectivity index (χ1n) is 34.5. The van der Waals surface area contributed by atoms with Gasteiger partial charge in [-0.15, -0.1) is 0 Å². The molecule has 3 saturated carbocycles. The molecule has 3 aromatic carbocycles. The third kappa shape index (κ3) is 18.8. The number of aliphatic hydroxyl groups is 1. The number of aliphatic hydroxyl groups excluding tert-OH is 1. The van der Waals surface area contributed by atoms with Crippen LogP contribution in [0.4, 0.5) is 21.0 Å². The average Bonchev–Trinajstić information content (AvgIpc) is 1.53. The Kier molecular flexibility index (Phi) is 26.6. The molecule has 1 unspecified atom stereocenters. The number of urea groups is 1. The number of ketones is 2. The van der Waals surface area contributed by atoms with E-state index in [4.69, 9.17) is 43.6 Å². The minimum Gasteiger partial charge on any atom is -0.429 e. The predicted octanol–water partition coefficient (Wildman–Crippen LogP) is 6.39. The highest BCUT2D eigenvalue weighted by molar-refractivity contribution is 6.01. The van der Waals surface area contributed by atoms with Gasteiger partial charge in [0.1, 0.15) is 18.7 Å². The number of benzene rings is 3. The first-order chi connectivity index (χ1) is 47.6. The smallest absolute Gasteiger partial charge is 0.429 e. The van der Waals surface area contributed by atoms with E-state index >= 15 is 0 Å². The highest BCUT2D eigenvalue weighted by atomic mass is 16.8. The van der Waals surface area contributed by atoms with Crippen LogP contribution in [0.3, 0.4) is 0 Å². The van der Waals surface area contributed by atoms with Crippen molar-refractivity contribution in [2.45, 2.75) is 155 Å². The van der Waals surface area contributed by atoms with Gasteiger partial charge in [0.05, 0.1) is 77.3 Å². The number of amides is 7. The summed E-state index contributed by atoms with van der Waals surface area (Å²) in [6, 6.07) is 18.7. The van der Waals surface area contributed by atoms with Gasteiger partial charge in [0.2, 0.25) is 35.3 Å². The summed E-state index contributed by atoms with van der Waals surface area (Å²) in [7, 11) is 0. The Morgan fingerprint density at radius 1 is 0.778 bits per heavy atom. The number of anilines is 2. The third-order valence-electron chi connectivity index (χ3n) is 19.9. The Balaban J connectivity index is 0.637. The topological polar surface area (TPSA) is 337 Å². The Bertz CT molecular complexity index is 3510. The summed E-state index contributed by atoms with van der Waals surface area (Å²) in [6.45, 7) is 11.4. The zero-order valence-corrected chi connectivity index (χ0v) is 57.2. The number of allylic oxidation sites excluding steroid dienone is 4. The molecular weight excluding hydrogens is 1270 g/mol. The summed E-state index contributed by atoms with van der Waals surface area (Å²) in [5.41, 5.74) is 7.56. The van der Waals surface area contributed by atoms with Gasteiger partial charge in [-0.2, -0.15) is 0 Å². The van der Waals surface area contributed by atoms with E-state index in [-0.39, 0.29) is 133 Å². The number of Topliss-reactive ketones (excluding diaryl/α,β-unsaturated/α-hetero) is 1. The van der Waals surface area contributed by atoms with Gasteiger partial charge in [-0.05, 0) is 116 Å². The van der Waals surface area contributed by atoms with Gasteiger partial charge in [-0.25, -0.2) is 9.59 Å². The van der Waals surface area contributed by atoms with Crippen LogP contribution in [0.2, 0.25) is 0 Å². The van der Waals surface area contributed by atoms with Gasteiger partial charge < -0.3 is 80.2 Å². The highest BCUT2D eigenvalue weighted by Gasteiger charge is 2.76. The number of carbonyl (C=O) groups is 9. The van der Waals surface area contributed by atoms with Crippen LogP contribution in [0.1, 0.15) is 128 Å². The lowest BCUT2D eigenvalue weighted by molar-refractivity contribution is -0.200. The van der Waals surface area contributed by atoms with Crippen LogP contribution in [0.15, 0.2) is 96.6 Å². The molecule has 6 aliphatic rings. The average molecular weight is 1370 g/mol. The van der Waals surface area contributed by atoms with Crippen molar-refractivity contribution in [2.24, 2.45) is 40.2 Å². The van der Waals surface area contributed by atoms with Crippen molar-refractivity contribution in [1.29, 1.82) is 0 Å². The lowest BCUT2D eigenvalue weighted by Crippen LogP contribution is -2.63. The number of primary amides is 1. The van der Waals surface area contributed by atoms with Gasteiger partial charge in [-0.1, -0.05) is 107 Å². The minimum atomic E-state index is -1.49. The fraction of sp³-hybridized carbons (Fsp3) is 0.554. The molecule has 99 heavy (non-hydrogen) atoms. The monoisotopic (exact) mass is 1370 g/mol. The molecule has 4 fully saturated rings. The molecule has 11 atom stereocenters. The van der Waals surface area contributed by atoms with Crippen LogP contribution in [0.5, 0.6) is 0 Å². The van der Waals surface area contributed by atoms with Crippen molar-refractivity contribution in [3.05, 3.63) is 119 Å². The second-order valence-electron chi connectivity index (χ2n) is 26.8. The number of carbonyl (C=O) groups excluding carboxylic acids is 9. The fourth-order valence-corrected chi connectivity index (χ4v) is 15.0. The molecule has 25 heteroatoms. The molecule has 4 aliphatic carbocycles. The second-order valence-corrected chi connectivity index (χ2v) is 26.8. The number of hydrogen-bond acceptors (Lipinski definition) is 18. The number of nitrogens with two attached hydrogens (primary N) is 1. The van der Waals surface area contributed by atoms with E-state index in [1.54, 1.807) is 55.2 Å². The van der Waals surface area contributed by atoms with Crippen LogP contribution >= 0.6 is 0 Å². The molecule has 2 aliphatic heterocycles. The zero-order chi connectivity index (χ0) is 70.7. The summed E-state index contributed by atoms with van der Waals surface area (Å²) in [6.07, 6.45) is 5.92. The number of fused-ring (bicyclic) bond motifs is 9. The number of hydrogen-bond donors (Lipinski definition) is 7. The molecule has 0 spiro atoms. The molecular formula is C74H95N7O18. The Hall–Kier alpha value is -8.35. The van der Waals surface area contributed by atoms with Crippen molar-refractivity contribution >= 4 is 64.7 Å². The van der Waals surface area contributed by atoms with Gasteiger partial charge in [0.15, 0.2) is 24.3 Å². The van der Waals surface area contributed by atoms with E-state index in [0.717, 1.165) is 35.1 Å². The largest absolute Gasteiger partial charge is 0.509 e. The summed E-state index contributed by atoms with van der Waals surface area (Å²) in [5.74, 6) is 3.19. The maximum absolute atomic E-state index is 14.7. The Morgan fingerprint density at radius 3 is 2.18 bits per heavy atom. The van der Waals surface area contributed by atoms with Crippen molar-refractivity contribution in [3.8, 4) is 11.8 Å². The number of nitrogens with one attached hydrogen (secondary N) is 5. The van der Waals surface area contributed by atoms with E-state index in [1.807, 2.05) is 68.5 Å². The summed E-state index contributed by atoms with van der Waals surface area (Å²) in [4.78, 5) is 120. The Labute approximate surface area is 578 Å². The lowest BCUT2D eigenvalue weighted by Gasteiger charge is -2.59. The summed E-state index contributed by atoms with van der Waals surface area (Å²) < 4.78 is 46.4. The molecule has 0 aromatic heterocycles. The standard InChI is InChI=1S/C74H95N7O18/c1-6-12-65-98-61-42-56-55-25-22-52-41-54(82)28-30-72(52,4)66(55)59(83)43-73(56,5)74(61,99-65)60(84)46-97-71(91)96-45-48-18-23-53(24-19-48)78-68(88)57(16-11-31-77-70(75)90)79-69(89)67(47(2)3)80-63(86)29-33-92-35-37-94-39-40-95-38-36-93-34-32-76-62(85)26-27-64(87)81-44-51-15-8-7-13-49(51)20-21-50-14-9-10-17-58(50)81/h7-10,13-15,17-19,23-24,28,30,41,47,55-57,59,61,65-67,83H,6,11-12,16,22,25-27,29,31-40,42-46H2,1-5H3,(H,76,85)(H,78,88)(H,79,89)(H,80,86)(H3,75,77,90)/t55-,56-,57-,59-,61+,65?,66+,67-,72-,73-,74+/m0/s1. The molecule has 534 valence electrons. The van der Waals surface area contributed by atoms with Gasteiger partial charge >= 0.3 is 12.2 Å². The van der Waals surface area contributed by atoms with E-state index in [2.05, 4.69) is 45.3 Å². The third-order valence-corrected chi connectivity index (χ3v) is 19.9. The second kappa shape index (κ2) is 35.1. The van der Waals surface area contributed by atoms with Crippen LogP contribution in [0.25, 0.3) is 0 Å². The van der Waals surface area contributed by atoms with Crippen molar-refractivity contribution < 1.29 is 86.2 Å². The molecule has 7 amide bonds. The van der Waals surface area contributed by atoms with E-state index in [9.17, 15) is 48.3 Å². The molecule has 1 saturated heterocycles. The van der Waals surface area contributed by atoms with Crippen LogP contribution in [0, 0.1) is 46.3 Å². The fourth-order valence-electron chi connectivity index (χ4n) is 15.0. The predicted molar refractivity (Wildman–Crippen MR) is 363 cm³/mol. The molecule has 3 aromatic rings. The van der Waals surface area contributed by atoms with Gasteiger partial charge in [0.25, 0.3) is 0 Å². The maximum atomic E-state index is 14.7. The quantitative estimate of drug-likeness (QED) is 0.0190. The molecule has 0 radical (unpaired) electrons. The van der Waals surface area contributed by atoms with E-state index < -0.39 is 89.3 Å². The van der Waals surface area contributed by atoms with Crippen molar-refractivity contribution in [2.75, 3.05) is 82.8 Å². The first kappa shape index (κ1) is 74.9. The SMILES string of the molecule is CCCC1O[C@@H]2C[C@H]3[C@@H]4CCC5=CC(=O)C=C[C@]5(C)[C@H]4[C@@H](O)C[C@]3(C)[C@]2(C(=O)COC(=O)OCc2ccc(NC(=O)[C@H](CCCNC(N)=O)NC(=O)[C@@H](NC(=O)CCOCCOCCOCCOCCNC(=O)CCC(=O)N3Cc4ccccc4C#Cc4ccccc43)C(C)C)cc2)O1. The zero-order valence-electron chi connectivity index (χ0n) is 57.2. The van der Waals surface area contributed by atoms with Crippen molar-refractivity contribution in [3.63, 3.8) is 0 Å². The summed E-state index contributed by atoms with van der Waals surface area (Å²) in [5, 5.41) is 25.7. The maximum Gasteiger partial charge on any atom is 0.509 e. The molecule has 2 heterocycles. The molecule has 0 bridgehead atoms. The van der Waals surface area contributed by atoms with Gasteiger partial charge in [-0.3, -0.25) is 33.6 Å². The molecule has 8 N–H and O–H groups in total. The summed E-state index contributed by atoms with van der Waals surface area (Å²) >= 11 is 0. The van der Waals surface area contributed by atoms with E-state index in [1.165, 1.54) is 0 Å². The normalized spacial score (nSPS) is 24.4. The van der Waals surface area contributed by atoms with Crippen molar-refractivity contribution in [1.82, 2.24) is 21.3 Å².